The largest absolute Gasteiger partial charge is 0.493 e. The van der Waals surface area contributed by atoms with Crippen molar-refractivity contribution in [2.24, 2.45) is 5.92 Å². The number of ether oxygens (including phenoxy) is 2. The molecule has 1 aliphatic heterocycles. The molecule has 1 fully saturated rings. The fourth-order valence-electron chi connectivity index (χ4n) is 2.54. The van der Waals surface area contributed by atoms with Crippen molar-refractivity contribution in [3.63, 3.8) is 0 Å². The molecular formula is C14H22N2O2. The lowest BCUT2D eigenvalue weighted by atomic mass is 10.1. The van der Waals surface area contributed by atoms with E-state index in [1.807, 2.05) is 12.1 Å². The van der Waals surface area contributed by atoms with Crippen molar-refractivity contribution in [1.82, 2.24) is 0 Å². The van der Waals surface area contributed by atoms with Gasteiger partial charge in [0.05, 0.1) is 25.6 Å². The zero-order valence-corrected chi connectivity index (χ0v) is 11.4. The summed E-state index contributed by atoms with van der Waals surface area (Å²) in [5.41, 5.74) is 7.92. The maximum atomic E-state index is 6.11. The highest BCUT2D eigenvalue weighted by Gasteiger charge is 2.23. The molecule has 1 saturated heterocycles. The highest BCUT2D eigenvalue weighted by atomic mass is 16.5. The van der Waals surface area contributed by atoms with Gasteiger partial charge in [-0.1, -0.05) is 13.3 Å². The van der Waals surface area contributed by atoms with Gasteiger partial charge < -0.3 is 20.1 Å². The summed E-state index contributed by atoms with van der Waals surface area (Å²) >= 11 is 0. The highest BCUT2D eigenvalue weighted by Crippen LogP contribution is 2.38. The van der Waals surface area contributed by atoms with Crippen molar-refractivity contribution < 1.29 is 9.47 Å². The average Bonchev–Trinajstić information content (AvgIpc) is 2.86. The van der Waals surface area contributed by atoms with E-state index in [0.29, 0.717) is 5.75 Å². The third-order valence-electron chi connectivity index (χ3n) is 3.74. The topological polar surface area (TPSA) is 47.7 Å². The molecule has 18 heavy (non-hydrogen) atoms. The molecule has 0 aliphatic carbocycles. The number of anilines is 2. The van der Waals surface area contributed by atoms with E-state index in [9.17, 15) is 0 Å². The first-order chi connectivity index (χ1) is 8.69. The zero-order valence-electron chi connectivity index (χ0n) is 11.4. The second-order valence-electron chi connectivity index (χ2n) is 4.77. The van der Waals surface area contributed by atoms with Gasteiger partial charge >= 0.3 is 0 Å². The predicted molar refractivity (Wildman–Crippen MR) is 74.6 cm³/mol. The Hall–Kier alpha value is -1.58. The van der Waals surface area contributed by atoms with Crippen molar-refractivity contribution in [2.75, 3.05) is 37.9 Å². The lowest BCUT2D eigenvalue weighted by molar-refractivity contribution is 0.355. The summed E-state index contributed by atoms with van der Waals surface area (Å²) in [6, 6.07) is 3.82. The molecule has 2 N–H and O–H groups in total. The van der Waals surface area contributed by atoms with E-state index in [2.05, 4.69) is 11.8 Å². The van der Waals surface area contributed by atoms with Crippen molar-refractivity contribution in [3.8, 4) is 11.5 Å². The number of benzene rings is 1. The van der Waals surface area contributed by atoms with E-state index in [0.717, 1.165) is 36.1 Å². The summed E-state index contributed by atoms with van der Waals surface area (Å²) in [7, 11) is 3.27. The predicted octanol–water partition coefficient (Wildman–Crippen LogP) is 2.52. The maximum absolute atomic E-state index is 6.11. The molecule has 100 valence electrons. The van der Waals surface area contributed by atoms with Crippen LogP contribution in [0, 0.1) is 5.92 Å². The van der Waals surface area contributed by atoms with Crippen molar-refractivity contribution in [2.45, 2.75) is 19.8 Å². The molecule has 1 heterocycles. The molecule has 1 aromatic carbocycles. The molecule has 2 rings (SSSR count). The molecule has 1 aliphatic rings. The number of hydrogen-bond donors (Lipinski definition) is 1. The van der Waals surface area contributed by atoms with E-state index in [4.69, 9.17) is 15.2 Å². The van der Waals surface area contributed by atoms with Crippen LogP contribution in [0.3, 0.4) is 0 Å². The lowest BCUT2D eigenvalue weighted by Crippen LogP contribution is -2.20. The Morgan fingerprint density at radius 3 is 2.50 bits per heavy atom. The Morgan fingerprint density at radius 2 is 1.94 bits per heavy atom. The van der Waals surface area contributed by atoms with Crippen LogP contribution in [0.2, 0.25) is 0 Å². The van der Waals surface area contributed by atoms with E-state index in [1.165, 1.54) is 12.8 Å². The number of rotatable bonds is 4. The quantitative estimate of drug-likeness (QED) is 0.834. The summed E-state index contributed by atoms with van der Waals surface area (Å²) < 4.78 is 10.6. The van der Waals surface area contributed by atoms with Gasteiger partial charge in [0.1, 0.15) is 0 Å². The fraction of sp³-hybridized carbons (Fsp3) is 0.571. The standard InChI is InChI=1S/C14H22N2O2/c1-4-10-5-6-16(9-10)12-8-14(18-3)13(17-2)7-11(12)15/h7-8,10H,4-6,9,15H2,1-3H3. The minimum absolute atomic E-state index is 0.685. The van der Waals surface area contributed by atoms with E-state index < -0.39 is 0 Å². The van der Waals surface area contributed by atoms with Crippen LogP contribution in [0.1, 0.15) is 19.8 Å². The summed E-state index contributed by atoms with van der Waals surface area (Å²) in [4.78, 5) is 2.34. The molecule has 4 nitrogen and oxygen atoms in total. The van der Waals surface area contributed by atoms with Crippen LogP contribution in [-0.4, -0.2) is 27.3 Å². The van der Waals surface area contributed by atoms with Crippen LogP contribution in [0.4, 0.5) is 11.4 Å². The highest BCUT2D eigenvalue weighted by molar-refractivity contribution is 5.73. The zero-order chi connectivity index (χ0) is 13.1. The molecule has 4 heteroatoms. The van der Waals surface area contributed by atoms with Gasteiger partial charge in [0, 0.05) is 25.2 Å². The van der Waals surface area contributed by atoms with Gasteiger partial charge in [0.25, 0.3) is 0 Å². The summed E-state index contributed by atoms with van der Waals surface area (Å²) in [6.07, 6.45) is 2.47. The van der Waals surface area contributed by atoms with Gasteiger partial charge in [-0.25, -0.2) is 0 Å². The SMILES string of the molecule is CCC1CCN(c2cc(OC)c(OC)cc2N)C1. The van der Waals surface area contributed by atoms with Crippen LogP contribution in [0.25, 0.3) is 0 Å². The van der Waals surface area contributed by atoms with E-state index in [-0.39, 0.29) is 0 Å². The van der Waals surface area contributed by atoms with E-state index >= 15 is 0 Å². The summed E-state index contributed by atoms with van der Waals surface area (Å²) in [5, 5.41) is 0. The number of methoxy groups -OCH3 is 2. The van der Waals surface area contributed by atoms with Gasteiger partial charge in [-0.05, 0) is 12.3 Å². The number of nitrogens with zero attached hydrogens (tertiary/aromatic N) is 1. The number of nitrogens with two attached hydrogens (primary N) is 1. The molecule has 1 aromatic rings. The van der Waals surface area contributed by atoms with Crippen LogP contribution in [0.15, 0.2) is 12.1 Å². The lowest BCUT2D eigenvalue weighted by Gasteiger charge is -2.22. The molecule has 0 saturated carbocycles. The second kappa shape index (κ2) is 5.38. The minimum atomic E-state index is 0.685. The second-order valence-corrected chi connectivity index (χ2v) is 4.77. The molecule has 0 aromatic heterocycles. The third kappa shape index (κ3) is 2.33. The minimum Gasteiger partial charge on any atom is -0.493 e. The fourth-order valence-corrected chi connectivity index (χ4v) is 2.54. The monoisotopic (exact) mass is 250 g/mol. The van der Waals surface area contributed by atoms with Crippen molar-refractivity contribution in [1.29, 1.82) is 0 Å². The molecule has 0 spiro atoms. The molecule has 0 bridgehead atoms. The Kier molecular flexibility index (Phi) is 3.84. The first kappa shape index (κ1) is 12.9. The number of nitrogen functional groups attached to an aromatic ring is 1. The van der Waals surface area contributed by atoms with Gasteiger partial charge in [0.15, 0.2) is 11.5 Å². The third-order valence-corrected chi connectivity index (χ3v) is 3.74. The Labute approximate surface area is 109 Å². The normalized spacial score (nSPS) is 19.1. The first-order valence-electron chi connectivity index (χ1n) is 6.46. The van der Waals surface area contributed by atoms with Gasteiger partial charge in [-0.3, -0.25) is 0 Å². The molecule has 0 amide bonds. The van der Waals surface area contributed by atoms with Crippen molar-refractivity contribution >= 4 is 11.4 Å². The maximum Gasteiger partial charge on any atom is 0.162 e. The summed E-state index contributed by atoms with van der Waals surface area (Å²) in [6.45, 7) is 4.39. The van der Waals surface area contributed by atoms with Crippen LogP contribution < -0.4 is 20.1 Å². The summed E-state index contributed by atoms with van der Waals surface area (Å²) in [5.74, 6) is 2.20. The molecule has 0 radical (unpaired) electrons. The number of hydrogen-bond acceptors (Lipinski definition) is 4. The van der Waals surface area contributed by atoms with Crippen LogP contribution >= 0.6 is 0 Å². The van der Waals surface area contributed by atoms with E-state index in [1.54, 1.807) is 14.2 Å². The molecule has 1 unspecified atom stereocenters. The van der Waals surface area contributed by atoms with Crippen LogP contribution in [0.5, 0.6) is 11.5 Å². The average molecular weight is 250 g/mol. The molecular weight excluding hydrogens is 228 g/mol. The Morgan fingerprint density at radius 1 is 1.28 bits per heavy atom. The van der Waals surface area contributed by atoms with Crippen molar-refractivity contribution in [3.05, 3.63) is 12.1 Å². The first-order valence-corrected chi connectivity index (χ1v) is 6.46. The van der Waals surface area contributed by atoms with Gasteiger partial charge in [-0.2, -0.15) is 0 Å². The van der Waals surface area contributed by atoms with Crippen LogP contribution in [-0.2, 0) is 0 Å². The molecule has 1 atom stereocenters. The Balaban J connectivity index is 2.28. The Bertz CT molecular complexity index is 421. The smallest absolute Gasteiger partial charge is 0.162 e. The van der Waals surface area contributed by atoms with Gasteiger partial charge in [0.2, 0.25) is 0 Å². The van der Waals surface area contributed by atoms with Gasteiger partial charge in [-0.15, -0.1) is 0 Å².